The summed E-state index contributed by atoms with van der Waals surface area (Å²) in [7, 11) is 0. The first-order valence-corrected chi connectivity index (χ1v) is 4.47. The molecule has 2 aromatic rings. The number of hydrogen-bond acceptors (Lipinski definition) is 2. The molecule has 4 nitrogen and oxygen atoms in total. The lowest BCUT2D eigenvalue weighted by molar-refractivity contribution is -0.118. The summed E-state index contributed by atoms with van der Waals surface area (Å²) in [5.41, 5.74) is 6.97. The van der Waals surface area contributed by atoms with Crippen LogP contribution in [-0.2, 0) is 11.2 Å². The van der Waals surface area contributed by atoms with Gasteiger partial charge in [0, 0.05) is 12.8 Å². The number of amides is 1. The zero-order valence-electron chi connectivity index (χ0n) is 7.66. The van der Waals surface area contributed by atoms with E-state index in [1.54, 1.807) is 0 Å². The Balaban J connectivity index is 2.22. The minimum atomic E-state index is -0.301. The van der Waals surface area contributed by atoms with Gasteiger partial charge in [-0.3, -0.25) is 4.79 Å². The molecular formula is C10H11N3O. The Morgan fingerprint density at radius 1 is 1.43 bits per heavy atom. The molecule has 1 aromatic heterocycles. The number of imidazole rings is 1. The number of para-hydroxylation sites is 2. The van der Waals surface area contributed by atoms with E-state index in [9.17, 15) is 4.79 Å². The van der Waals surface area contributed by atoms with Crippen molar-refractivity contribution in [1.82, 2.24) is 9.97 Å². The second-order valence-electron chi connectivity index (χ2n) is 3.17. The number of hydrogen-bond donors (Lipinski definition) is 2. The average molecular weight is 189 g/mol. The van der Waals surface area contributed by atoms with Crippen molar-refractivity contribution < 1.29 is 4.79 Å². The third-order valence-corrected chi connectivity index (χ3v) is 2.05. The van der Waals surface area contributed by atoms with Gasteiger partial charge in [-0.1, -0.05) is 12.1 Å². The van der Waals surface area contributed by atoms with Crippen LogP contribution < -0.4 is 5.73 Å². The first kappa shape index (κ1) is 8.74. The second-order valence-corrected chi connectivity index (χ2v) is 3.17. The summed E-state index contributed by atoms with van der Waals surface area (Å²) in [6.07, 6.45) is 0.907. The highest BCUT2D eigenvalue weighted by molar-refractivity contribution is 5.76. The molecule has 4 heteroatoms. The largest absolute Gasteiger partial charge is 0.370 e. The van der Waals surface area contributed by atoms with Gasteiger partial charge in [-0.15, -0.1) is 0 Å². The van der Waals surface area contributed by atoms with Crippen molar-refractivity contribution in [3.63, 3.8) is 0 Å². The lowest BCUT2D eigenvalue weighted by atomic mass is 10.3. The van der Waals surface area contributed by atoms with Gasteiger partial charge in [0.05, 0.1) is 11.0 Å². The highest BCUT2D eigenvalue weighted by atomic mass is 16.1. The molecule has 3 N–H and O–H groups in total. The predicted molar refractivity (Wildman–Crippen MR) is 53.6 cm³/mol. The molecule has 0 aliphatic rings. The van der Waals surface area contributed by atoms with Gasteiger partial charge in [-0.25, -0.2) is 4.98 Å². The van der Waals surface area contributed by atoms with Crippen molar-refractivity contribution in [2.24, 2.45) is 5.73 Å². The third-order valence-electron chi connectivity index (χ3n) is 2.05. The van der Waals surface area contributed by atoms with Crippen molar-refractivity contribution in [2.75, 3.05) is 0 Å². The van der Waals surface area contributed by atoms with Crippen LogP contribution in [0, 0.1) is 0 Å². The summed E-state index contributed by atoms with van der Waals surface area (Å²) in [4.78, 5) is 18.0. The number of nitrogens with zero attached hydrogens (tertiary/aromatic N) is 1. The van der Waals surface area contributed by atoms with E-state index in [1.165, 1.54) is 0 Å². The van der Waals surface area contributed by atoms with Gasteiger partial charge >= 0.3 is 0 Å². The summed E-state index contributed by atoms with van der Waals surface area (Å²) in [5.74, 6) is 0.510. The number of carbonyl (C=O) groups is 1. The van der Waals surface area contributed by atoms with Crippen LogP contribution in [0.5, 0.6) is 0 Å². The molecule has 0 bridgehead atoms. The molecule has 1 aromatic carbocycles. The van der Waals surface area contributed by atoms with Crippen molar-refractivity contribution in [3.05, 3.63) is 30.1 Å². The number of nitrogens with two attached hydrogens (primary N) is 1. The maximum absolute atomic E-state index is 10.6. The molecule has 0 fully saturated rings. The molecule has 1 amide bonds. The summed E-state index contributed by atoms with van der Waals surface area (Å²) >= 11 is 0. The molecule has 2 rings (SSSR count). The predicted octanol–water partition coefficient (Wildman–Crippen LogP) is 0.981. The molecule has 0 aliphatic carbocycles. The fourth-order valence-electron chi connectivity index (χ4n) is 1.37. The smallest absolute Gasteiger partial charge is 0.217 e. The molecule has 14 heavy (non-hydrogen) atoms. The Morgan fingerprint density at radius 2 is 2.21 bits per heavy atom. The molecule has 0 unspecified atom stereocenters. The molecule has 72 valence electrons. The maximum atomic E-state index is 10.6. The minimum Gasteiger partial charge on any atom is -0.370 e. The van der Waals surface area contributed by atoms with E-state index in [-0.39, 0.29) is 5.91 Å². The average Bonchev–Trinajstić information content (AvgIpc) is 2.57. The molecule has 0 atom stereocenters. The Bertz CT molecular complexity index is 428. The normalized spacial score (nSPS) is 10.6. The SMILES string of the molecule is NC(=O)CCc1nc2ccccc2[nH]1. The minimum absolute atomic E-state index is 0.301. The molecular weight excluding hydrogens is 178 g/mol. The standard InChI is InChI=1S/C10H11N3O/c11-9(14)5-6-10-12-7-3-1-2-4-8(7)13-10/h1-4H,5-6H2,(H2,11,14)(H,12,13). The summed E-state index contributed by atoms with van der Waals surface area (Å²) < 4.78 is 0. The van der Waals surface area contributed by atoms with E-state index >= 15 is 0 Å². The summed E-state index contributed by atoms with van der Waals surface area (Å²) in [5, 5.41) is 0. The molecule has 0 radical (unpaired) electrons. The monoisotopic (exact) mass is 189 g/mol. The lowest BCUT2D eigenvalue weighted by Gasteiger charge is -1.90. The van der Waals surface area contributed by atoms with Crippen LogP contribution in [0.3, 0.4) is 0 Å². The fourth-order valence-corrected chi connectivity index (χ4v) is 1.37. The number of primary amides is 1. The molecule has 1 heterocycles. The van der Waals surface area contributed by atoms with Crippen molar-refractivity contribution in [3.8, 4) is 0 Å². The zero-order chi connectivity index (χ0) is 9.97. The number of carbonyl (C=O) groups excluding carboxylic acids is 1. The summed E-state index contributed by atoms with van der Waals surface area (Å²) in [6, 6.07) is 7.76. The van der Waals surface area contributed by atoms with Gasteiger partial charge in [0.25, 0.3) is 0 Å². The highest BCUT2D eigenvalue weighted by Crippen LogP contribution is 2.10. The number of aromatic nitrogens is 2. The van der Waals surface area contributed by atoms with Crippen molar-refractivity contribution >= 4 is 16.9 Å². The van der Waals surface area contributed by atoms with E-state index in [0.717, 1.165) is 16.9 Å². The molecule has 0 saturated heterocycles. The van der Waals surface area contributed by atoms with E-state index < -0.39 is 0 Å². The number of aromatic amines is 1. The Labute approximate surface area is 81.1 Å². The van der Waals surface area contributed by atoms with Crippen LogP contribution in [0.25, 0.3) is 11.0 Å². The quantitative estimate of drug-likeness (QED) is 0.755. The topological polar surface area (TPSA) is 71.8 Å². The van der Waals surface area contributed by atoms with Gasteiger partial charge < -0.3 is 10.7 Å². The van der Waals surface area contributed by atoms with Crippen LogP contribution in [0.1, 0.15) is 12.2 Å². The van der Waals surface area contributed by atoms with Gasteiger partial charge in [-0.05, 0) is 12.1 Å². The Morgan fingerprint density at radius 3 is 2.93 bits per heavy atom. The molecule has 0 aliphatic heterocycles. The first-order chi connectivity index (χ1) is 6.75. The van der Waals surface area contributed by atoms with E-state index in [4.69, 9.17) is 5.73 Å². The fraction of sp³-hybridized carbons (Fsp3) is 0.200. The highest BCUT2D eigenvalue weighted by Gasteiger charge is 2.02. The van der Waals surface area contributed by atoms with Gasteiger partial charge in [-0.2, -0.15) is 0 Å². The second kappa shape index (κ2) is 3.49. The van der Waals surface area contributed by atoms with Gasteiger partial charge in [0.1, 0.15) is 5.82 Å². The third kappa shape index (κ3) is 1.74. The number of H-pyrrole nitrogens is 1. The number of benzene rings is 1. The maximum Gasteiger partial charge on any atom is 0.217 e. The zero-order valence-corrected chi connectivity index (χ0v) is 7.66. The van der Waals surface area contributed by atoms with Crippen molar-refractivity contribution in [1.29, 1.82) is 0 Å². The van der Waals surface area contributed by atoms with Gasteiger partial charge in [0.2, 0.25) is 5.91 Å². The van der Waals surface area contributed by atoms with Crippen molar-refractivity contribution in [2.45, 2.75) is 12.8 Å². The van der Waals surface area contributed by atoms with Crippen LogP contribution in [0.4, 0.5) is 0 Å². The first-order valence-electron chi connectivity index (χ1n) is 4.47. The van der Waals surface area contributed by atoms with Crippen LogP contribution in [0.15, 0.2) is 24.3 Å². The van der Waals surface area contributed by atoms with Crippen LogP contribution >= 0.6 is 0 Å². The van der Waals surface area contributed by atoms with Gasteiger partial charge in [0.15, 0.2) is 0 Å². The lowest BCUT2D eigenvalue weighted by Crippen LogP contribution is -2.11. The van der Waals surface area contributed by atoms with E-state index in [2.05, 4.69) is 9.97 Å². The number of nitrogens with one attached hydrogen (secondary N) is 1. The molecule has 0 saturated carbocycles. The number of aryl methyl sites for hydroxylation is 1. The summed E-state index contributed by atoms with van der Waals surface area (Å²) in [6.45, 7) is 0. The molecule has 0 spiro atoms. The Hall–Kier alpha value is -1.84. The van der Waals surface area contributed by atoms with Crippen LogP contribution in [0.2, 0.25) is 0 Å². The number of rotatable bonds is 3. The van der Waals surface area contributed by atoms with Crippen LogP contribution in [-0.4, -0.2) is 15.9 Å². The Kier molecular flexibility index (Phi) is 2.18. The van der Waals surface area contributed by atoms with E-state index in [1.807, 2.05) is 24.3 Å². The van der Waals surface area contributed by atoms with E-state index in [0.29, 0.717) is 12.8 Å². The number of fused-ring (bicyclic) bond motifs is 1.